The van der Waals surface area contributed by atoms with Gasteiger partial charge in [-0.25, -0.2) is 5.01 Å². The predicted molar refractivity (Wildman–Crippen MR) is 106 cm³/mol. The van der Waals surface area contributed by atoms with Crippen LogP contribution in [0.15, 0.2) is 48.8 Å². The third-order valence-electron chi connectivity index (χ3n) is 4.26. The second kappa shape index (κ2) is 8.30. The molecule has 0 saturated carbocycles. The van der Waals surface area contributed by atoms with E-state index in [9.17, 15) is 14.4 Å². The van der Waals surface area contributed by atoms with Gasteiger partial charge in [-0.3, -0.25) is 24.8 Å². The minimum atomic E-state index is -1.06. The summed E-state index contributed by atoms with van der Waals surface area (Å²) in [7, 11) is 3.85. The Kier molecular flexibility index (Phi) is 5.84. The highest BCUT2D eigenvalue weighted by atomic mass is 32.2. The van der Waals surface area contributed by atoms with Crippen molar-refractivity contribution in [2.45, 2.75) is 17.0 Å². The molecule has 2 unspecified atom stereocenters. The summed E-state index contributed by atoms with van der Waals surface area (Å²) in [5.74, 6) is -1.95. The molecule has 0 spiro atoms. The molecule has 2 N–H and O–H groups in total. The third-order valence-corrected chi connectivity index (χ3v) is 5.70. The topological polar surface area (TPSA) is 103 Å². The molecule has 2 aromatic rings. The summed E-state index contributed by atoms with van der Waals surface area (Å²) in [5, 5.41) is 9.05. The van der Waals surface area contributed by atoms with Gasteiger partial charge in [-0.05, 0) is 29.8 Å². The lowest BCUT2D eigenvalue weighted by molar-refractivity contribution is -0.140. The zero-order chi connectivity index (χ0) is 20.3. The number of hydrogen-bond acceptors (Lipinski definition) is 6. The lowest BCUT2D eigenvalue weighted by Crippen LogP contribution is -2.46. The average molecular weight is 400 g/mol. The van der Waals surface area contributed by atoms with E-state index in [0.29, 0.717) is 5.56 Å². The molecule has 1 fully saturated rings. The summed E-state index contributed by atoms with van der Waals surface area (Å²) in [5.41, 5.74) is 4.78. The number of thioether (sulfide) groups is 1. The minimum Gasteiger partial charge on any atom is -0.481 e. The van der Waals surface area contributed by atoms with Crippen molar-refractivity contribution in [3.8, 4) is 0 Å². The molecule has 2 amide bonds. The molecule has 0 radical (unpaired) electrons. The molecule has 2 atom stereocenters. The van der Waals surface area contributed by atoms with Crippen LogP contribution >= 0.6 is 11.8 Å². The first-order valence-corrected chi connectivity index (χ1v) is 9.49. The molecule has 1 aromatic carbocycles. The van der Waals surface area contributed by atoms with E-state index in [1.165, 1.54) is 29.2 Å². The molecule has 9 heteroatoms. The molecular weight excluding hydrogens is 380 g/mol. The van der Waals surface area contributed by atoms with Crippen LogP contribution in [0.1, 0.15) is 27.7 Å². The van der Waals surface area contributed by atoms with Gasteiger partial charge in [-0.2, -0.15) is 0 Å². The van der Waals surface area contributed by atoms with Gasteiger partial charge in [0.25, 0.3) is 11.8 Å². The number of anilines is 1. The lowest BCUT2D eigenvalue weighted by Gasteiger charge is -2.25. The van der Waals surface area contributed by atoms with E-state index >= 15 is 0 Å². The van der Waals surface area contributed by atoms with Crippen LogP contribution < -0.4 is 10.3 Å². The zero-order valence-corrected chi connectivity index (χ0v) is 16.2. The van der Waals surface area contributed by atoms with Gasteiger partial charge in [0.1, 0.15) is 5.37 Å². The SMILES string of the molecule is CN(C)c1ccc(C2SC(CC(=O)O)C(=O)N2NC(=O)c2ccncc2)cc1. The van der Waals surface area contributed by atoms with Crippen molar-refractivity contribution in [3.05, 3.63) is 59.9 Å². The summed E-state index contributed by atoms with van der Waals surface area (Å²) in [4.78, 5) is 42.3. The fourth-order valence-corrected chi connectivity index (χ4v) is 4.17. The molecule has 1 aliphatic heterocycles. The molecule has 2 heterocycles. The quantitative estimate of drug-likeness (QED) is 0.763. The normalized spacial score (nSPS) is 18.8. The van der Waals surface area contributed by atoms with Gasteiger partial charge in [0.05, 0.1) is 11.7 Å². The summed E-state index contributed by atoms with van der Waals surface area (Å²) < 4.78 is 0. The Bertz CT molecular complexity index is 873. The van der Waals surface area contributed by atoms with Gasteiger partial charge >= 0.3 is 5.97 Å². The van der Waals surface area contributed by atoms with Crippen LogP contribution in [-0.2, 0) is 9.59 Å². The van der Waals surface area contributed by atoms with Crippen LogP contribution in [0.25, 0.3) is 0 Å². The number of amides is 2. The Morgan fingerprint density at radius 2 is 1.82 bits per heavy atom. The Morgan fingerprint density at radius 1 is 1.18 bits per heavy atom. The summed E-state index contributed by atoms with van der Waals surface area (Å²) >= 11 is 1.21. The van der Waals surface area contributed by atoms with Gasteiger partial charge in [-0.1, -0.05) is 12.1 Å². The summed E-state index contributed by atoms with van der Waals surface area (Å²) in [6, 6.07) is 10.6. The monoisotopic (exact) mass is 400 g/mol. The number of pyridine rings is 1. The first-order valence-electron chi connectivity index (χ1n) is 8.55. The number of nitrogens with zero attached hydrogens (tertiary/aromatic N) is 3. The Morgan fingerprint density at radius 3 is 2.39 bits per heavy atom. The highest BCUT2D eigenvalue weighted by Crippen LogP contribution is 2.43. The lowest BCUT2D eigenvalue weighted by atomic mass is 10.2. The molecule has 0 aliphatic carbocycles. The first-order chi connectivity index (χ1) is 13.4. The van der Waals surface area contributed by atoms with Gasteiger partial charge in [0.2, 0.25) is 0 Å². The number of aromatic nitrogens is 1. The summed E-state index contributed by atoms with van der Waals surface area (Å²) in [6.45, 7) is 0. The maximum Gasteiger partial charge on any atom is 0.305 e. The van der Waals surface area contributed by atoms with E-state index in [2.05, 4.69) is 10.4 Å². The van der Waals surface area contributed by atoms with Crippen molar-refractivity contribution in [1.29, 1.82) is 0 Å². The number of carbonyl (C=O) groups excluding carboxylic acids is 2. The molecular formula is C19H20N4O4S. The number of aliphatic carboxylic acids is 1. The van der Waals surface area contributed by atoms with Crippen LogP contribution in [0, 0.1) is 0 Å². The van der Waals surface area contributed by atoms with Crippen molar-refractivity contribution in [1.82, 2.24) is 15.4 Å². The van der Waals surface area contributed by atoms with Gasteiger partial charge in [0, 0.05) is 37.7 Å². The molecule has 3 rings (SSSR count). The zero-order valence-electron chi connectivity index (χ0n) is 15.4. The second-order valence-electron chi connectivity index (χ2n) is 6.45. The standard InChI is InChI=1S/C19H20N4O4S/c1-22(2)14-5-3-13(4-6-14)19-23(18(27)15(28-19)11-16(24)25)21-17(26)12-7-9-20-10-8-12/h3-10,15,19H,11H2,1-2H3,(H,21,26)(H,24,25). The Hall–Kier alpha value is -3.07. The average Bonchev–Trinajstić information content (AvgIpc) is 2.98. The number of benzene rings is 1. The fourth-order valence-electron chi connectivity index (χ4n) is 2.80. The maximum absolute atomic E-state index is 12.8. The molecule has 8 nitrogen and oxygen atoms in total. The van der Waals surface area contributed by atoms with Crippen molar-refractivity contribution >= 4 is 35.2 Å². The van der Waals surface area contributed by atoms with Crippen LogP contribution in [-0.4, -0.2) is 52.2 Å². The van der Waals surface area contributed by atoms with E-state index in [1.807, 2.05) is 43.3 Å². The van der Waals surface area contributed by atoms with Crippen molar-refractivity contribution < 1.29 is 19.5 Å². The van der Waals surface area contributed by atoms with Crippen LogP contribution in [0.3, 0.4) is 0 Å². The predicted octanol–water partition coefficient (Wildman–Crippen LogP) is 1.91. The third kappa shape index (κ3) is 4.25. The molecule has 0 bridgehead atoms. The summed E-state index contributed by atoms with van der Waals surface area (Å²) in [6.07, 6.45) is 2.66. The highest BCUT2D eigenvalue weighted by molar-refractivity contribution is 8.01. The van der Waals surface area contributed by atoms with Gasteiger partial charge < -0.3 is 10.0 Å². The van der Waals surface area contributed by atoms with Crippen LogP contribution in [0.5, 0.6) is 0 Å². The van der Waals surface area contributed by atoms with Crippen molar-refractivity contribution in [3.63, 3.8) is 0 Å². The molecule has 1 aliphatic rings. The van der Waals surface area contributed by atoms with Gasteiger partial charge in [0.15, 0.2) is 0 Å². The Labute approximate surface area is 166 Å². The number of hydrazine groups is 1. The van der Waals surface area contributed by atoms with E-state index in [1.54, 1.807) is 12.1 Å². The van der Waals surface area contributed by atoms with E-state index < -0.39 is 28.4 Å². The molecule has 28 heavy (non-hydrogen) atoms. The van der Waals surface area contributed by atoms with Crippen LogP contribution in [0.2, 0.25) is 0 Å². The molecule has 146 valence electrons. The highest BCUT2D eigenvalue weighted by Gasteiger charge is 2.43. The van der Waals surface area contributed by atoms with E-state index in [-0.39, 0.29) is 6.42 Å². The maximum atomic E-state index is 12.8. The number of nitrogens with one attached hydrogen (secondary N) is 1. The number of carboxylic acids is 1. The minimum absolute atomic E-state index is 0.308. The largest absolute Gasteiger partial charge is 0.481 e. The molecule has 1 aromatic heterocycles. The van der Waals surface area contributed by atoms with Crippen molar-refractivity contribution in [2.75, 3.05) is 19.0 Å². The fraction of sp³-hybridized carbons (Fsp3) is 0.263. The smallest absolute Gasteiger partial charge is 0.305 e. The van der Waals surface area contributed by atoms with Crippen LogP contribution in [0.4, 0.5) is 5.69 Å². The number of carboxylic acid groups (broad SMARTS) is 1. The van der Waals surface area contributed by atoms with E-state index in [4.69, 9.17) is 5.11 Å². The second-order valence-corrected chi connectivity index (χ2v) is 7.73. The number of hydrogen-bond donors (Lipinski definition) is 2. The Balaban J connectivity index is 1.87. The van der Waals surface area contributed by atoms with Crippen molar-refractivity contribution in [2.24, 2.45) is 0 Å². The van der Waals surface area contributed by atoms with Gasteiger partial charge in [-0.15, -0.1) is 11.8 Å². The first kappa shape index (κ1) is 19.7. The van der Waals surface area contributed by atoms with E-state index in [0.717, 1.165) is 11.3 Å². The number of rotatable bonds is 6. The number of carbonyl (C=O) groups is 3. The molecule has 1 saturated heterocycles.